The largest absolute Gasteiger partial charge is 0.480 e. The lowest BCUT2D eigenvalue weighted by molar-refractivity contribution is -0.139. The van der Waals surface area contributed by atoms with Crippen molar-refractivity contribution in [1.82, 2.24) is 14.7 Å². The first-order valence-electron chi connectivity index (χ1n) is 6.54. The Morgan fingerprint density at radius 1 is 1.61 bits per heavy atom. The summed E-state index contributed by atoms with van der Waals surface area (Å²) in [4.78, 5) is 13.1. The van der Waals surface area contributed by atoms with Gasteiger partial charge < -0.3 is 5.11 Å². The van der Waals surface area contributed by atoms with E-state index < -0.39 is 5.97 Å². The lowest BCUT2D eigenvalue weighted by Gasteiger charge is -2.32. The highest BCUT2D eigenvalue weighted by Gasteiger charge is 2.29. The third kappa shape index (κ3) is 2.90. The van der Waals surface area contributed by atoms with Crippen LogP contribution in [0.3, 0.4) is 0 Å². The first-order valence-corrected chi connectivity index (χ1v) is 6.54. The second-order valence-electron chi connectivity index (χ2n) is 5.13. The molecule has 1 aromatic rings. The zero-order chi connectivity index (χ0) is 13.1. The fourth-order valence-corrected chi connectivity index (χ4v) is 2.82. The van der Waals surface area contributed by atoms with Gasteiger partial charge >= 0.3 is 5.97 Å². The smallest absolute Gasteiger partial charge is 0.317 e. The van der Waals surface area contributed by atoms with E-state index in [1.807, 2.05) is 19.4 Å². The molecule has 100 valence electrons. The molecule has 0 aromatic carbocycles. The summed E-state index contributed by atoms with van der Waals surface area (Å²) in [6, 6.07) is 0.509. The molecule has 1 saturated carbocycles. The summed E-state index contributed by atoms with van der Waals surface area (Å²) in [5.74, 6) is -0.752. The van der Waals surface area contributed by atoms with Crippen LogP contribution < -0.4 is 0 Å². The van der Waals surface area contributed by atoms with E-state index in [1.54, 1.807) is 4.68 Å². The predicted molar refractivity (Wildman–Crippen MR) is 68.2 cm³/mol. The molecule has 1 atom stereocenters. The molecule has 1 heterocycles. The Morgan fingerprint density at radius 3 is 2.78 bits per heavy atom. The summed E-state index contributed by atoms with van der Waals surface area (Å²) in [6.07, 6.45) is 8.43. The second kappa shape index (κ2) is 5.52. The van der Waals surface area contributed by atoms with Gasteiger partial charge in [-0.1, -0.05) is 12.8 Å². The van der Waals surface area contributed by atoms with Gasteiger partial charge in [0.2, 0.25) is 0 Å². The van der Waals surface area contributed by atoms with Gasteiger partial charge in [-0.3, -0.25) is 14.4 Å². The first-order chi connectivity index (χ1) is 8.58. The SMILES string of the molecule is CC(c1cnn(C)c1)N(CC(=O)O)C1CCCC1. The van der Waals surface area contributed by atoms with Crippen molar-refractivity contribution < 1.29 is 9.90 Å². The molecule has 0 bridgehead atoms. The number of rotatable bonds is 5. The van der Waals surface area contributed by atoms with Gasteiger partial charge in [-0.25, -0.2) is 0 Å². The average Bonchev–Trinajstić information content (AvgIpc) is 2.95. The molecular formula is C13H21N3O2. The summed E-state index contributed by atoms with van der Waals surface area (Å²) in [5.41, 5.74) is 1.09. The predicted octanol–water partition coefficient (Wildman–Crippen LogP) is 1.81. The minimum absolute atomic E-state index is 0.109. The summed E-state index contributed by atoms with van der Waals surface area (Å²) in [7, 11) is 1.88. The highest BCUT2D eigenvalue weighted by Crippen LogP contribution is 2.30. The van der Waals surface area contributed by atoms with E-state index >= 15 is 0 Å². The van der Waals surface area contributed by atoms with Gasteiger partial charge in [0, 0.05) is 30.9 Å². The van der Waals surface area contributed by atoms with E-state index in [0.717, 1.165) is 18.4 Å². The normalized spacial score (nSPS) is 18.4. The van der Waals surface area contributed by atoms with Crippen LogP contribution in [0.15, 0.2) is 12.4 Å². The van der Waals surface area contributed by atoms with Crippen molar-refractivity contribution >= 4 is 5.97 Å². The van der Waals surface area contributed by atoms with Crippen LogP contribution in [0, 0.1) is 0 Å². The number of nitrogens with zero attached hydrogens (tertiary/aromatic N) is 3. The topological polar surface area (TPSA) is 58.4 Å². The number of carbonyl (C=O) groups is 1. The number of aliphatic carboxylic acids is 1. The van der Waals surface area contributed by atoms with E-state index in [1.165, 1.54) is 12.8 Å². The quantitative estimate of drug-likeness (QED) is 0.867. The third-order valence-corrected chi connectivity index (χ3v) is 3.82. The van der Waals surface area contributed by atoms with Crippen LogP contribution in [0.1, 0.15) is 44.2 Å². The summed E-state index contributed by atoms with van der Waals surface area (Å²) < 4.78 is 1.76. The fraction of sp³-hybridized carbons (Fsp3) is 0.692. The van der Waals surface area contributed by atoms with Crippen LogP contribution in [0.5, 0.6) is 0 Å². The van der Waals surface area contributed by atoms with Gasteiger partial charge in [-0.2, -0.15) is 5.10 Å². The highest BCUT2D eigenvalue weighted by atomic mass is 16.4. The molecule has 2 rings (SSSR count). The first kappa shape index (κ1) is 13.1. The molecule has 0 spiro atoms. The lowest BCUT2D eigenvalue weighted by Crippen LogP contribution is -2.39. The lowest BCUT2D eigenvalue weighted by atomic mass is 10.1. The number of carboxylic acids is 1. The Bertz CT molecular complexity index is 410. The molecule has 5 nitrogen and oxygen atoms in total. The van der Waals surface area contributed by atoms with Crippen LogP contribution in [0.2, 0.25) is 0 Å². The zero-order valence-corrected chi connectivity index (χ0v) is 11.0. The van der Waals surface area contributed by atoms with Crippen molar-refractivity contribution in [3.05, 3.63) is 18.0 Å². The highest BCUT2D eigenvalue weighted by molar-refractivity contribution is 5.69. The van der Waals surface area contributed by atoms with Crippen molar-refractivity contribution in [2.75, 3.05) is 6.54 Å². The molecule has 1 aliphatic rings. The third-order valence-electron chi connectivity index (χ3n) is 3.82. The van der Waals surface area contributed by atoms with Gasteiger partial charge in [-0.05, 0) is 19.8 Å². The van der Waals surface area contributed by atoms with Crippen LogP contribution in [0.25, 0.3) is 0 Å². The van der Waals surface area contributed by atoms with Crippen LogP contribution in [-0.2, 0) is 11.8 Å². The molecular weight excluding hydrogens is 230 g/mol. The van der Waals surface area contributed by atoms with E-state index in [4.69, 9.17) is 5.11 Å². The number of carboxylic acid groups (broad SMARTS) is 1. The number of hydrogen-bond acceptors (Lipinski definition) is 3. The average molecular weight is 251 g/mol. The van der Waals surface area contributed by atoms with Crippen LogP contribution in [0.4, 0.5) is 0 Å². The monoisotopic (exact) mass is 251 g/mol. The van der Waals surface area contributed by atoms with Gasteiger partial charge in [0.1, 0.15) is 0 Å². The maximum Gasteiger partial charge on any atom is 0.317 e. The maximum absolute atomic E-state index is 11.0. The number of hydrogen-bond donors (Lipinski definition) is 1. The van der Waals surface area contributed by atoms with Crippen LogP contribution in [-0.4, -0.2) is 38.3 Å². The zero-order valence-electron chi connectivity index (χ0n) is 11.0. The number of aryl methyl sites for hydroxylation is 1. The fourth-order valence-electron chi connectivity index (χ4n) is 2.82. The Labute approximate surface area is 107 Å². The van der Waals surface area contributed by atoms with E-state index in [9.17, 15) is 4.79 Å². The van der Waals surface area contributed by atoms with Crippen molar-refractivity contribution in [1.29, 1.82) is 0 Å². The molecule has 0 saturated heterocycles. The molecule has 1 fully saturated rings. The van der Waals surface area contributed by atoms with Crippen LogP contribution >= 0.6 is 0 Å². The Hall–Kier alpha value is -1.36. The van der Waals surface area contributed by atoms with Gasteiger partial charge in [0.05, 0.1) is 12.7 Å². The Balaban J connectivity index is 2.14. The van der Waals surface area contributed by atoms with Gasteiger partial charge in [-0.15, -0.1) is 0 Å². The molecule has 5 heteroatoms. The van der Waals surface area contributed by atoms with Crippen molar-refractivity contribution in [2.24, 2.45) is 7.05 Å². The van der Waals surface area contributed by atoms with Gasteiger partial charge in [0.15, 0.2) is 0 Å². The minimum Gasteiger partial charge on any atom is -0.480 e. The molecule has 1 N–H and O–H groups in total. The minimum atomic E-state index is -0.752. The maximum atomic E-state index is 11.0. The van der Waals surface area contributed by atoms with Crippen molar-refractivity contribution in [2.45, 2.75) is 44.7 Å². The van der Waals surface area contributed by atoms with Gasteiger partial charge in [0.25, 0.3) is 0 Å². The molecule has 1 aliphatic carbocycles. The van der Waals surface area contributed by atoms with Crippen molar-refractivity contribution in [3.8, 4) is 0 Å². The number of aromatic nitrogens is 2. The molecule has 0 radical (unpaired) electrons. The van der Waals surface area contributed by atoms with E-state index in [-0.39, 0.29) is 12.6 Å². The molecule has 0 amide bonds. The standard InChI is InChI=1S/C13H21N3O2/c1-10(11-7-14-15(2)8-11)16(9-13(17)18)12-5-3-4-6-12/h7-8,10,12H,3-6,9H2,1-2H3,(H,17,18). The Kier molecular flexibility index (Phi) is 4.01. The Morgan fingerprint density at radius 2 is 2.28 bits per heavy atom. The second-order valence-corrected chi connectivity index (χ2v) is 5.13. The molecule has 0 aliphatic heterocycles. The van der Waals surface area contributed by atoms with Crippen molar-refractivity contribution in [3.63, 3.8) is 0 Å². The summed E-state index contributed by atoms with van der Waals surface area (Å²) in [6.45, 7) is 2.18. The summed E-state index contributed by atoms with van der Waals surface area (Å²) >= 11 is 0. The summed E-state index contributed by atoms with van der Waals surface area (Å²) in [5, 5.41) is 13.3. The van der Waals surface area contributed by atoms with E-state index in [2.05, 4.69) is 16.9 Å². The molecule has 1 unspecified atom stereocenters. The molecule has 1 aromatic heterocycles. The van der Waals surface area contributed by atoms with E-state index in [0.29, 0.717) is 6.04 Å². The molecule has 18 heavy (non-hydrogen) atoms.